The maximum Gasteiger partial charge on any atom is 0.243 e. The number of nitrogens with zero attached hydrogens (tertiary/aromatic N) is 1. The molecule has 1 aliphatic rings. The van der Waals surface area contributed by atoms with Crippen LogP contribution in [0.15, 0.2) is 23.1 Å². The summed E-state index contributed by atoms with van der Waals surface area (Å²) in [6.07, 6.45) is 0.249. The zero-order valence-corrected chi connectivity index (χ0v) is 10.1. The van der Waals surface area contributed by atoms with Gasteiger partial charge in [0.25, 0.3) is 0 Å². The molecule has 0 amide bonds. The largest absolute Gasteiger partial charge is 0.298 e. The van der Waals surface area contributed by atoms with Gasteiger partial charge in [0.15, 0.2) is 0 Å². The van der Waals surface area contributed by atoms with Gasteiger partial charge in [-0.15, -0.1) is 0 Å². The summed E-state index contributed by atoms with van der Waals surface area (Å²) in [6, 6.07) is 3.63. The van der Waals surface area contributed by atoms with Crippen molar-refractivity contribution in [3.8, 4) is 0 Å². The first-order valence-corrected chi connectivity index (χ1v) is 6.63. The van der Waals surface area contributed by atoms with Crippen LogP contribution in [0.2, 0.25) is 0 Å². The van der Waals surface area contributed by atoms with Crippen molar-refractivity contribution in [2.45, 2.75) is 18.2 Å². The molecule has 92 valence electrons. The van der Waals surface area contributed by atoms with Crippen molar-refractivity contribution in [1.82, 2.24) is 4.31 Å². The Morgan fingerprint density at radius 2 is 2.06 bits per heavy atom. The molecule has 0 bridgehead atoms. The Labute approximate surface area is 99.1 Å². The third-order valence-corrected chi connectivity index (χ3v) is 4.60. The van der Waals surface area contributed by atoms with Crippen molar-refractivity contribution in [3.05, 3.63) is 29.6 Å². The number of benzene rings is 1. The molecule has 17 heavy (non-hydrogen) atoms. The molecule has 1 aromatic rings. The van der Waals surface area contributed by atoms with E-state index in [0.717, 1.165) is 10.4 Å². The minimum absolute atomic E-state index is 0.0334. The zero-order valence-electron chi connectivity index (χ0n) is 9.31. The van der Waals surface area contributed by atoms with Gasteiger partial charge in [-0.2, -0.15) is 4.31 Å². The van der Waals surface area contributed by atoms with Crippen LogP contribution in [0.3, 0.4) is 0 Å². The first kappa shape index (κ1) is 12.2. The van der Waals surface area contributed by atoms with E-state index in [1.807, 2.05) is 0 Å². The SMILES string of the molecule is Cc1cc(S(=O)(=O)N2CCC(=O)C2)ccc1F. The molecule has 0 saturated carbocycles. The van der Waals surface area contributed by atoms with Crippen LogP contribution >= 0.6 is 0 Å². The highest BCUT2D eigenvalue weighted by Gasteiger charge is 2.31. The monoisotopic (exact) mass is 257 g/mol. The molecule has 0 atom stereocenters. The molecule has 1 fully saturated rings. The van der Waals surface area contributed by atoms with Crippen LogP contribution in [0.4, 0.5) is 4.39 Å². The highest BCUT2D eigenvalue weighted by Crippen LogP contribution is 2.21. The third kappa shape index (κ3) is 2.23. The zero-order chi connectivity index (χ0) is 12.6. The van der Waals surface area contributed by atoms with Crippen molar-refractivity contribution >= 4 is 15.8 Å². The van der Waals surface area contributed by atoms with E-state index in [1.165, 1.54) is 19.1 Å². The molecule has 1 aromatic carbocycles. The van der Waals surface area contributed by atoms with E-state index in [-0.39, 0.29) is 35.8 Å². The number of rotatable bonds is 2. The van der Waals surface area contributed by atoms with Gasteiger partial charge in [0.1, 0.15) is 11.6 Å². The fraction of sp³-hybridized carbons (Fsp3) is 0.364. The highest BCUT2D eigenvalue weighted by atomic mass is 32.2. The minimum atomic E-state index is -3.67. The Kier molecular flexibility index (Phi) is 3.01. The summed E-state index contributed by atoms with van der Waals surface area (Å²) in [4.78, 5) is 11.1. The lowest BCUT2D eigenvalue weighted by Crippen LogP contribution is -2.29. The number of ketones is 1. The molecular weight excluding hydrogens is 245 g/mol. The van der Waals surface area contributed by atoms with Gasteiger partial charge in [-0.3, -0.25) is 4.79 Å². The van der Waals surface area contributed by atoms with Gasteiger partial charge in [-0.25, -0.2) is 12.8 Å². The van der Waals surface area contributed by atoms with Crippen LogP contribution in [0, 0.1) is 12.7 Å². The molecule has 0 unspecified atom stereocenters. The van der Waals surface area contributed by atoms with Gasteiger partial charge < -0.3 is 0 Å². The lowest BCUT2D eigenvalue weighted by molar-refractivity contribution is -0.116. The summed E-state index contributed by atoms with van der Waals surface area (Å²) in [7, 11) is -3.67. The van der Waals surface area contributed by atoms with Crippen molar-refractivity contribution in [2.75, 3.05) is 13.1 Å². The van der Waals surface area contributed by atoms with Gasteiger partial charge in [0, 0.05) is 13.0 Å². The second kappa shape index (κ2) is 4.19. The van der Waals surface area contributed by atoms with Gasteiger partial charge in [0.2, 0.25) is 10.0 Å². The minimum Gasteiger partial charge on any atom is -0.298 e. The van der Waals surface area contributed by atoms with Gasteiger partial charge >= 0.3 is 0 Å². The van der Waals surface area contributed by atoms with E-state index in [2.05, 4.69) is 0 Å². The Morgan fingerprint density at radius 3 is 2.59 bits per heavy atom. The van der Waals surface area contributed by atoms with E-state index >= 15 is 0 Å². The number of halogens is 1. The predicted octanol–water partition coefficient (Wildman–Crippen LogP) is 1.10. The summed E-state index contributed by atoms with van der Waals surface area (Å²) in [5.74, 6) is -0.533. The second-order valence-electron chi connectivity index (χ2n) is 4.04. The van der Waals surface area contributed by atoms with Crippen LogP contribution in [0.1, 0.15) is 12.0 Å². The number of carbonyl (C=O) groups excluding carboxylic acids is 1. The normalized spacial score (nSPS) is 17.6. The Hall–Kier alpha value is -1.27. The van der Waals surface area contributed by atoms with Crippen molar-refractivity contribution in [1.29, 1.82) is 0 Å². The van der Waals surface area contributed by atoms with Crippen LogP contribution in [0.25, 0.3) is 0 Å². The number of hydrogen-bond acceptors (Lipinski definition) is 3. The van der Waals surface area contributed by atoms with Gasteiger partial charge in [-0.1, -0.05) is 0 Å². The molecule has 1 saturated heterocycles. The fourth-order valence-electron chi connectivity index (χ4n) is 1.74. The average Bonchev–Trinajstić information content (AvgIpc) is 2.69. The van der Waals surface area contributed by atoms with E-state index < -0.39 is 15.8 Å². The van der Waals surface area contributed by atoms with E-state index in [9.17, 15) is 17.6 Å². The van der Waals surface area contributed by atoms with E-state index in [0.29, 0.717) is 0 Å². The summed E-state index contributed by atoms with van der Waals surface area (Å²) in [5.41, 5.74) is 0.275. The maximum absolute atomic E-state index is 13.1. The Bertz CT molecular complexity index is 568. The number of carbonyl (C=O) groups is 1. The Balaban J connectivity index is 2.38. The number of hydrogen-bond donors (Lipinski definition) is 0. The molecule has 0 aromatic heterocycles. The molecular formula is C11H12FNO3S. The molecule has 6 heteroatoms. The lowest BCUT2D eigenvalue weighted by Gasteiger charge is -2.14. The number of sulfonamides is 1. The molecule has 0 radical (unpaired) electrons. The van der Waals surface area contributed by atoms with Crippen LogP contribution in [-0.4, -0.2) is 31.6 Å². The smallest absolute Gasteiger partial charge is 0.243 e. The molecule has 4 nitrogen and oxygen atoms in total. The summed E-state index contributed by atoms with van der Waals surface area (Å²) >= 11 is 0. The molecule has 1 aliphatic heterocycles. The summed E-state index contributed by atoms with van der Waals surface area (Å²) in [6.45, 7) is 1.62. The third-order valence-electron chi connectivity index (χ3n) is 2.76. The number of Topliss-reactive ketones (excluding diaryl/α,β-unsaturated/α-hetero) is 1. The fourth-order valence-corrected chi connectivity index (χ4v) is 3.25. The maximum atomic E-state index is 13.1. The highest BCUT2D eigenvalue weighted by molar-refractivity contribution is 7.89. The summed E-state index contributed by atoms with van der Waals surface area (Å²) < 4.78 is 38.4. The van der Waals surface area contributed by atoms with Crippen LogP contribution in [0.5, 0.6) is 0 Å². The van der Waals surface area contributed by atoms with E-state index in [4.69, 9.17) is 0 Å². The van der Waals surface area contributed by atoms with Gasteiger partial charge in [0.05, 0.1) is 11.4 Å². The standard InChI is InChI=1S/C11H12FNO3S/c1-8-6-10(2-3-11(8)12)17(15,16)13-5-4-9(14)7-13/h2-3,6H,4-5,7H2,1H3. The molecule has 0 aliphatic carbocycles. The van der Waals surface area contributed by atoms with Crippen LogP contribution in [-0.2, 0) is 14.8 Å². The van der Waals surface area contributed by atoms with E-state index in [1.54, 1.807) is 0 Å². The first-order chi connectivity index (χ1) is 7.91. The molecule has 2 rings (SSSR count). The van der Waals surface area contributed by atoms with Crippen LogP contribution < -0.4 is 0 Å². The average molecular weight is 257 g/mol. The Morgan fingerprint density at radius 1 is 1.35 bits per heavy atom. The quantitative estimate of drug-likeness (QED) is 0.797. The lowest BCUT2D eigenvalue weighted by atomic mass is 10.2. The second-order valence-corrected chi connectivity index (χ2v) is 5.98. The first-order valence-electron chi connectivity index (χ1n) is 5.19. The summed E-state index contributed by atoms with van der Waals surface area (Å²) in [5, 5.41) is 0. The molecule has 0 N–H and O–H groups in total. The van der Waals surface area contributed by atoms with Gasteiger partial charge in [-0.05, 0) is 30.7 Å². The van der Waals surface area contributed by atoms with Crippen molar-refractivity contribution < 1.29 is 17.6 Å². The number of aryl methyl sites for hydroxylation is 1. The molecule has 0 spiro atoms. The van der Waals surface area contributed by atoms with Crippen molar-refractivity contribution in [2.24, 2.45) is 0 Å². The van der Waals surface area contributed by atoms with Crippen molar-refractivity contribution in [3.63, 3.8) is 0 Å². The topological polar surface area (TPSA) is 54.5 Å². The molecule has 1 heterocycles. The predicted molar refractivity (Wildman–Crippen MR) is 59.5 cm³/mol.